The third-order valence-corrected chi connectivity index (χ3v) is 3.47. The Bertz CT molecular complexity index is 464. The Morgan fingerprint density at radius 2 is 2.35 bits per heavy atom. The van der Waals surface area contributed by atoms with E-state index in [-0.39, 0.29) is 6.03 Å². The predicted molar refractivity (Wildman–Crippen MR) is 73.3 cm³/mol. The predicted octanol–water partition coefficient (Wildman–Crippen LogP) is 1.13. The zero-order valence-electron chi connectivity index (χ0n) is 11.3. The SMILES string of the molecule is O=C(O)[C@H]1CCCN(C(=O)NCCc2cccnc2)C1. The summed E-state index contributed by atoms with van der Waals surface area (Å²) in [5.74, 6) is -1.26. The summed E-state index contributed by atoms with van der Waals surface area (Å²) < 4.78 is 0. The van der Waals surface area contributed by atoms with E-state index in [1.807, 2.05) is 12.1 Å². The zero-order chi connectivity index (χ0) is 14.4. The zero-order valence-corrected chi connectivity index (χ0v) is 11.3. The number of amides is 2. The molecule has 1 aromatic rings. The molecular formula is C14H19N3O3. The standard InChI is InChI=1S/C14H19N3O3/c18-13(19)12-4-2-8-17(10-12)14(20)16-7-5-11-3-1-6-15-9-11/h1,3,6,9,12H,2,4-5,7-8,10H2,(H,16,20)(H,18,19)/t12-/m0/s1. The van der Waals surface area contributed by atoms with E-state index in [2.05, 4.69) is 10.3 Å². The van der Waals surface area contributed by atoms with Gasteiger partial charge < -0.3 is 15.3 Å². The molecule has 0 radical (unpaired) electrons. The molecule has 1 aromatic heterocycles. The lowest BCUT2D eigenvalue weighted by Gasteiger charge is -2.30. The summed E-state index contributed by atoms with van der Waals surface area (Å²) in [6.07, 6.45) is 5.59. The van der Waals surface area contributed by atoms with Crippen molar-refractivity contribution in [3.63, 3.8) is 0 Å². The summed E-state index contributed by atoms with van der Waals surface area (Å²) in [6, 6.07) is 3.64. The second kappa shape index (κ2) is 6.88. The molecule has 0 spiro atoms. The van der Waals surface area contributed by atoms with Crippen LogP contribution in [0.4, 0.5) is 4.79 Å². The van der Waals surface area contributed by atoms with Crippen LogP contribution in [0.5, 0.6) is 0 Å². The number of nitrogens with zero attached hydrogens (tertiary/aromatic N) is 2. The second-order valence-corrected chi connectivity index (χ2v) is 4.97. The Hall–Kier alpha value is -2.11. The van der Waals surface area contributed by atoms with Crippen molar-refractivity contribution in [2.45, 2.75) is 19.3 Å². The Morgan fingerprint density at radius 3 is 3.05 bits per heavy atom. The molecule has 2 N–H and O–H groups in total. The fourth-order valence-corrected chi connectivity index (χ4v) is 2.33. The summed E-state index contributed by atoms with van der Waals surface area (Å²) in [7, 11) is 0. The van der Waals surface area contributed by atoms with Gasteiger partial charge in [0.2, 0.25) is 0 Å². The van der Waals surface area contributed by atoms with Gasteiger partial charge in [0.15, 0.2) is 0 Å². The van der Waals surface area contributed by atoms with Gasteiger partial charge in [-0.3, -0.25) is 9.78 Å². The number of carboxylic acids is 1. The lowest BCUT2D eigenvalue weighted by Crippen LogP contribution is -2.47. The van der Waals surface area contributed by atoms with Gasteiger partial charge in [-0.25, -0.2) is 4.79 Å². The van der Waals surface area contributed by atoms with Crippen LogP contribution in [0.3, 0.4) is 0 Å². The van der Waals surface area contributed by atoms with Crippen molar-refractivity contribution in [3.05, 3.63) is 30.1 Å². The number of rotatable bonds is 4. The molecule has 0 aliphatic carbocycles. The number of aromatic nitrogens is 1. The maximum atomic E-state index is 12.0. The van der Waals surface area contributed by atoms with Crippen molar-refractivity contribution in [1.82, 2.24) is 15.2 Å². The molecule has 0 unspecified atom stereocenters. The van der Waals surface area contributed by atoms with Gasteiger partial charge in [0.25, 0.3) is 0 Å². The Labute approximate surface area is 117 Å². The van der Waals surface area contributed by atoms with Crippen LogP contribution in [0.15, 0.2) is 24.5 Å². The second-order valence-electron chi connectivity index (χ2n) is 4.97. The number of likely N-dealkylation sites (tertiary alicyclic amines) is 1. The van der Waals surface area contributed by atoms with Crippen molar-refractivity contribution < 1.29 is 14.7 Å². The highest BCUT2D eigenvalue weighted by Crippen LogP contribution is 2.16. The van der Waals surface area contributed by atoms with Crippen molar-refractivity contribution in [1.29, 1.82) is 0 Å². The molecule has 1 aliphatic heterocycles. The van der Waals surface area contributed by atoms with Gasteiger partial charge in [-0.1, -0.05) is 6.07 Å². The van der Waals surface area contributed by atoms with Crippen LogP contribution in [-0.2, 0) is 11.2 Å². The molecule has 2 rings (SSSR count). The number of hydrogen-bond donors (Lipinski definition) is 2. The molecule has 6 nitrogen and oxygen atoms in total. The van der Waals surface area contributed by atoms with Gasteiger partial charge in [-0.15, -0.1) is 0 Å². The average molecular weight is 277 g/mol. The Balaban J connectivity index is 1.75. The average Bonchev–Trinajstić information content (AvgIpc) is 2.48. The van der Waals surface area contributed by atoms with E-state index in [0.717, 1.165) is 18.4 Å². The summed E-state index contributed by atoms with van der Waals surface area (Å²) in [6.45, 7) is 1.45. The largest absolute Gasteiger partial charge is 0.481 e. The minimum absolute atomic E-state index is 0.181. The van der Waals surface area contributed by atoms with E-state index in [9.17, 15) is 9.59 Å². The van der Waals surface area contributed by atoms with E-state index in [4.69, 9.17) is 5.11 Å². The molecule has 2 heterocycles. The molecule has 1 saturated heterocycles. The number of carboxylic acid groups (broad SMARTS) is 1. The number of carbonyl (C=O) groups is 2. The van der Waals surface area contributed by atoms with Crippen LogP contribution in [-0.4, -0.2) is 46.6 Å². The minimum Gasteiger partial charge on any atom is -0.481 e. The molecule has 1 atom stereocenters. The first kappa shape index (κ1) is 14.3. The summed E-state index contributed by atoms with van der Waals surface area (Å²) in [4.78, 5) is 28.5. The van der Waals surface area contributed by atoms with Crippen LogP contribution < -0.4 is 5.32 Å². The molecule has 20 heavy (non-hydrogen) atoms. The molecular weight excluding hydrogens is 258 g/mol. The van der Waals surface area contributed by atoms with Crippen molar-refractivity contribution in [2.75, 3.05) is 19.6 Å². The smallest absolute Gasteiger partial charge is 0.317 e. The Morgan fingerprint density at radius 1 is 1.50 bits per heavy atom. The highest BCUT2D eigenvalue weighted by molar-refractivity contribution is 5.76. The van der Waals surface area contributed by atoms with E-state index in [1.54, 1.807) is 17.3 Å². The lowest BCUT2D eigenvalue weighted by molar-refractivity contribution is -0.143. The van der Waals surface area contributed by atoms with Crippen LogP contribution in [0.2, 0.25) is 0 Å². The number of pyridine rings is 1. The van der Waals surface area contributed by atoms with Crippen molar-refractivity contribution in [3.8, 4) is 0 Å². The highest BCUT2D eigenvalue weighted by Gasteiger charge is 2.27. The summed E-state index contributed by atoms with van der Waals surface area (Å²) in [5, 5.41) is 11.8. The van der Waals surface area contributed by atoms with Crippen LogP contribution in [0.25, 0.3) is 0 Å². The molecule has 0 saturated carbocycles. The van der Waals surface area contributed by atoms with Gasteiger partial charge in [-0.05, 0) is 30.9 Å². The van der Waals surface area contributed by atoms with Crippen LogP contribution in [0, 0.1) is 5.92 Å². The van der Waals surface area contributed by atoms with Gasteiger partial charge in [0.05, 0.1) is 5.92 Å². The normalized spacial score (nSPS) is 18.6. The van der Waals surface area contributed by atoms with Gasteiger partial charge in [0.1, 0.15) is 0 Å². The Kier molecular flexibility index (Phi) is 4.92. The molecule has 2 amide bonds. The maximum Gasteiger partial charge on any atom is 0.317 e. The molecule has 108 valence electrons. The number of piperidine rings is 1. The lowest BCUT2D eigenvalue weighted by atomic mass is 9.99. The number of hydrogen-bond acceptors (Lipinski definition) is 3. The molecule has 0 aromatic carbocycles. The number of urea groups is 1. The molecule has 6 heteroatoms. The van der Waals surface area contributed by atoms with Crippen LogP contribution >= 0.6 is 0 Å². The van der Waals surface area contributed by atoms with Gasteiger partial charge >= 0.3 is 12.0 Å². The maximum absolute atomic E-state index is 12.0. The van der Waals surface area contributed by atoms with E-state index in [0.29, 0.717) is 26.1 Å². The topological polar surface area (TPSA) is 82.5 Å². The fraction of sp³-hybridized carbons (Fsp3) is 0.500. The summed E-state index contributed by atoms with van der Waals surface area (Å²) in [5.41, 5.74) is 1.06. The van der Waals surface area contributed by atoms with E-state index in [1.165, 1.54) is 0 Å². The minimum atomic E-state index is -0.821. The number of nitrogens with one attached hydrogen (secondary N) is 1. The van der Waals surface area contributed by atoms with E-state index >= 15 is 0 Å². The van der Waals surface area contributed by atoms with Gasteiger partial charge in [0, 0.05) is 32.0 Å². The molecule has 1 fully saturated rings. The molecule has 1 aliphatic rings. The third-order valence-electron chi connectivity index (χ3n) is 3.47. The molecule has 0 bridgehead atoms. The first-order chi connectivity index (χ1) is 9.66. The third kappa shape index (κ3) is 3.94. The fourth-order valence-electron chi connectivity index (χ4n) is 2.33. The van der Waals surface area contributed by atoms with Crippen LogP contribution in [0.1, 0.15) is 18.4 Å². The first-order valence-electron chi connectivity index (χ1n) is 6.81. The van der Waals surface area contributed by atoms with E-state index < -0.39 is 11.9 Å². The van der Waals surface area contributed by atoms with Crippen molar-refractivity contribution >= 4 is 12.0 Å². The highest BCUT2D eigenvalue weighted by atomic mass is 16.4. The first-order valence-corrected chi connectivity index (χ1v) is 6.81. The summed E-state index contributed by atoms with van der Waals surface area (Å²) >= 11 is 0. The monoisotopic (exact) mass is 277 g/mol. The van der Waals surface area contributed by atoms with Crippen molar-refractivity contribution in [2.24, 2.45) is 5.92 Å². The van der Waals surface area contributed by atoms with Gasteiger partial charge in [-0.2, -0.15) is 0 Å². The number of carbonyl (C=O) groups excluding carboxylic acids is 1. The quantitative estimate of drug-likeness (QED) is 0.864. The number of aliphatic carboxylic acids is 1.